The third-order valence-electron chi connectivity index (χ3n) is 5.74. The normalized spacial score (nSPS) is 19.8. The predicted octanol–water partition coefficient (Wildman–Crippen LogP) is 5.20. The average Bonchev–Trinajstić information content (AvgIpc) is 3.57. The second kappa shape index (κ2) is 7.24. The molecule has 2 aliphatic rings. The third kappa shape index (κ3) is 3.47. The van der Waals surface area contributed by atoms with Crippen LogP contribution < -0.4 is 20.9 Å². The Balaban J connectivity index is 1.65. The molecule has 10 heteroatoms. The molecule has 6 nitrogen and oxygen atoms in total. The number of ether oxygens (including phenoxy) is 1. The van der Waals surface area contributed by atoms with E-state index in [1.165, 1.54) is 10.8 Å². The number of alkyl halides is 2. The highest BCUT2D eigenvalue weighted by atomic mass is 35.5. The number of aromatic nitrogens is 2. The molecule has 0 amide bonds. The first-order valence-corrected chi connectivity index (χ1v) is 10.5. The molecule has 1 fully saturated rings. The number of pyridine rings is 2. The van der Waals surface area contributed by atoms with E-state index in [9.17, 15) is 13.6 Å². The second-order valence-electron chi connectivity index (χ2n) is 7.90. The second-order valence-corrected chi connectivity index (χ2v) is 8.63. The lowest BCUT2D eigenvalue weighted by Crippen LogP contribution is -2.44. The zero-order chi connectivity index (χ0) is 21.9. The fourth-order valence-electron chi connectivity index (χ4n) is 3.96. The lowest BCUT2D eigenvalue weighted by molar-refractivity contribution is -0.0579. The van der Waals surface area contributed by atoms with Gasteiger partial charge in [0.15, 0.2) is 6.61 Å². The van der Waals surface area contributed by atoms with Crippen molar-refractivity contribution >= 4 is 51.2 Å². The molecule has 1 aromatic carbocycles. The Morgan fingerprint density at radius 1 is 1.29 bits per heavy atom. The Labute approximate surface area is 186 Å². The van der Waals surface area contributed by atoms with Crippen LogP contribution in [0.4, 0.5) is 25.8 Å². The summed E-state index contributed by atoms with van der Waals surface area (Å²) in [7, 11) is 1.59. The number of hydrogen-bond donors (Lipinski definition) is 2. The van der Waals surface area contributed by atoms with Gasteiger partial charge in [0.1, 0.15) is 10.2 Å². The zero-order valence-corrected chi connectivity index (χ0v) is 17.9. The molecule has 3 aromatic rings. The summed E-state index contributed by atoms with van der Waals surface area (Å²) in [6.07, 6.45) is 2.96. The monoisotopic (exact) mass is 466 g/mol. The van der Waals surface area contributed by atoms with Gasteiger partial charge in [-0.2, -0.15) is 0 Å². The molecule has 1 aliphatic heterocycles. The van der Waals surface area contributed by atoms with Gasteiger partial charge in [0, 0.05) is 24.3 Å². The molecule has 0 radical (unpaired) electrons. The minimum atomic E-state index is -3.09. The molecule has 0 spiro atoms. The van der Waals surface area contributed by atoms with Crippen molar-refractivity contribution < 1.29 is 13.5 Å². The van der Waals surface area contributed by atoms with Gasteiger partial charge in [0.25, 0.3) is 5.56 Å². The largest absolute Gasteiger partial charge is 0.480 e. The van der Waals surface area contributed by atoms with Crippen molar-refractivity contribution in [2.45, 2.75) is 24.8 Å². The van der Waals surface area contributed by atoms with E-state index in [2.05, 4.69) is 15.6 Å². The van der Waals surface area contributed by atoms with Crippen LogP contribution in [0.5, 0.6) is 5.75 Å². The Hall–Kier alpha value is -2.58. The third-order valence-corrected chi connectivity index (χ3v) is 6.50. The van der Waals surface area contributed by atoms with E-state index in [1.807, 2.05) is 0 Å². The number of nitrogens with zero attached hydrogens (tertiary/aromatic N) is 2. The molecule has 5 rings (SSSR count). The Kier molecular flexibility index (Phi) is 4.75. The van der Waals surface area contributed by atoms with E-state index >= 15 is 0 Å². The molecule has 1 atom stereocenters. The number of rotatable bonds is 3. The molecule has 0 unspecified atom stereocenters. The van der Waals surface area contributed by atoms with Crippen LogP contribution in [-0.2, 0) is 7.05 Å². The predicted molar refractivity (Wildman–Crippen MR) is 117 cm³/mol. The van der Waals surface area contributed by atoms with Crippen LogP contribution in [-0.4, -0.2) is 28.1 Å². The van der Waals surface area contributed by atoms with E-state index in [-0.39, 0.29) is 27.5 Å². The number of anilines is 3. The number of fused-ring (bicyclic) bond motifs is 3. The molecular formula is C21H18Cl2F2N4O2. The number of benzene rings is 1. The molecule has 162 valence electrons. The summed E-state index contributed by atoms with van der Waals surface area (Å²) < 4.78 is 36.2. The molecule has 2 aromatic heterocycles. The summed E-state index contributed by atoms with van der Waals surface area (Å²) in [5, 5.41) is 7.13. The maximum absolute atomic E-state index is 14.7. The lowest BCUT2D eigenvalue weighted by atomic mass is 10.0. The summed E-state index contributed by atoms with van der Waals surface area (Å²) in [6, 6.07) is 5.86. The van der Waals surface area contributed by atoms with Crippen LogP contribution in [0.2, 0.25) is 10.2 Å². The van der Waals surface area contributed by atoms with E-state index in [4.69, 9.17) is 27.9 Å². The van der Waals surface area contributed by atoms with Crippen LogP contribution >= 0.6 is 23.2 Å². The van der Waals surface area contributed by atoms with E-state index in [1.54, 1.807) is 31.3 Å². The van der Waals surface area contributed by atoms with Crippen molar-refractivity contribution in [1.82, 2.24) is 9.55 Å². The van der Waals surface area contributed by atoms with Gasteiger partial charge in [-0.1, -0.05) is 23.2 Å². The fraction of sp³-hybridized carbons (Fsp3) is 0.333. The van der Waals surface area contributed by atoms with Crippen molar-refractivity contribution in [2.75, 3.05) is 17.2 Å². The molecule has 0 saturated heterocycles. The Morgan fingerprint density at radius 2 is 2.06 bits per heavy atom. The van der Waals surface area contributed by atoms with E-state index < -0.39 is 24.1 Å². The molecule has 3 heterocycles. The van der Waals surface area contributed by atoms with Gasteiger partial charge >= 0.3 is 5.92 Å². The van der Waals surface area contributed by atoms with Crippen molar-refractivity contribution in [1.29, 1.82) is 0 Å². The van der Waals surface area contributed by atoms with Crippen LogP contribution in [0.1, 0.15) is 12.8 Å². The number of halogens is 4. The van der Waals surface area contributed by atoms with Gasteiger partial charge in [-0.25, -0.2) is 13.8 Å². The first kappa shape index (κ1) is 20.3. The summed E-state index contributed by atoms with van der Waals surface area (Å²) in [6.45, 7) is -0.835. The van der Waals surface area contributed by atoms with E-state index in [0.717, 1.165) is 12.8 Å². The average molecular weight is 467 g/mol. The first-order chi connectivity index (χ1) is 14.8. The molecule has 2 N–H and O–H groups in total. The van der Waals surface area contributed by atoms with E-state index in [0.29, 0.717) is 22.3 Å². The Bertz CT molecular complexity index is 1260. The summed E-state index contributed by atoms with van der Waals surface area (Å²) in [5.74, 6) is -3.34. The van der Waals surface area contributed by atoms with Gasteiger partial charge in [0.05, 0.1) is 22.9 Å². The van der Waals surface area contributed by atoms with Crippen LogP contribution in [0.25, 0.3) is 10.9 Å². The van der Waals surface area contributed by atoms with Gasteiger partial charge in [0.2, 0.25) is 5.75 Å². The van der Waals surface area contributed by atoms with Gasteiger partial charge in [-0.3, -0.25) is 4.79 Å². The maximum atomic E-state index is 14.7. The quantitative estimate of drug-likeness (QED) is 0.519. The highest BCUT2D eigenvalue weighted by Crippen LogP contribution is 2.45. The lowest BCUT2D eigenvalue weighted by Gasteiger charge is -2.25. The minimum Gasteiger partial charge on any atom is -0.480 e. The van der Waals surface area contributed by atoms with Gasteiger partial charge in [-0.15, -0.1) is 0 Å². The van der Waals surface area contributed by atoms with Crippen LogP contribution in [0.15, 0.2) is 35.3 Å². The standard InChI is InChI=1S/C21H18Cl2F2N4O2/c1-29-14-5-4-11(27-13-6-7-26-19(23)15(13)22)8-12(14)16-17(20(29)30)31-9-21(24,25)18(28-16)10-2-3-10/h4-8,10,18,28H,2-3,9H2,1H3,(H,26,27)/t18-/m0/s1. The molecule has 0 bridgehead atoms. The van der Waals surface area contributed by atoms with Crippen LogP contribution in [0.3, 0.4) is 0 Å². The highest BCUT2D eigenvalue weighted by Gasteiger charge is 2.51. The highest BCUT2D eigenvalue weighted by molar-refractivity contribution is 6.43. The fourth-order valence-corrected chi connectivity index (χ4v) is 4.27. The maximum Gasteiger partial charge on any atom is 0.301 e. The first-order valence-electron chi connectivity index (χ1n) is 9.77. The summed E-state index contributed by atoms with van der Waals surface area (Å²) >= 11 is 12.2. The molecule has 31 heavy (non-hydrogen) atoms. The SMILES string of the molecule is Cn1c(=O)c2c(c3cc(Nc4ccnc(Cl)c4Cl)ccc31)N[C@@H](C1CC1)C(F)(F)CO2. The summed E-state index contributed by atoms with van der Waals surface area (Å²) in [4.78, 5) is 16.8. The zero-order valence-electron chi connectivity index (χ0n) is 16.4. The topological polar surface area (TPSA) is 68.2 Å². The van der Waals surface area contributed by atoms with Crippen molar-refractivity contribution in [3.63, 3.8) is 0 Å². The molecule has 1 saturated carbocycles. The molecular weight excluding hydrogens is 449 g/mol. The van der Waals surface area contributed by atoms with Crippen molar-refractivity contribution in [3.8, 4) is 5.75 Å². The Morgan fingerprint density at radius 3 is 2.81 bits per heavy atom. The van der Waals surface area contributed by atoms with Crippen LogP contribution in [0, 0.1) is 5.92 Å². The number of hydrogen-bond acceptors (Lipinski definition) is 5. The van der Waals surface area contributed by atoms with Gasteiger partial charge < -0.3 is 19.9 Å². The van der Waals surface area contributed by atoms with Gasteiger partial charge in [-0.05, 0) is 43.0 Å². The minimum absolute atomic E-state index is 0.0973. The van der Waals surface area contributed by atoms with Crippen molar-refractivity contribution in [3.05, 3.63) is 51.0 Å². The molecule has 1 aliphatic carbocycles. The smallest absolute Gasteiger partial charge is 0.301 e. The summed E-state index contributed by atoms with van der Waals surface area (Å²) in [5.41, 5.74) is 1.59. The van der Waals surface area contributed by atoms with Crippen molar-refractivity contribution in [2.24, 2.45) is 13.0 Å². The number of aryl methyl sites for hydroxylation is 1. The number of nitrogens with one attached hydrogen (secondary N) is 2.